The number of carbonyl (C=O) groups is 1. The Kier molecular flexibility index (Phi) is 4.00. The highest BCUT2D eigenvalue weighted by Crippen LogP contribution is 2.14. The van der Waals surface area contributed by atoms with Crippen molar-refractivity contribution < 1.29 is 9.53 Å². The first-order chi connectivity index (χ1) is 6.15. The second-order valence-corrected chi connectivity index (χ2v) is 4.05. The number of nitrogens with zero attached hydrogens (tertiary/aromatic N) is 1. The maximum atomic E-state index is 11.5. The molecule has 1 aliphatic heterocycles. The van der Waals surface area contributed by atoms with Crippen LogP contribution >= 0.6 is 11.6 Å². The van der Waals surface area contributed by atoms with Crippen LogP contribution in [0.2, 0.25) is 0 Å². The maximum absolute atomic E-state index is 11.5. The van der Waals surface area contributed by atoms with Crippen LogP contribution in [-0.4, -0.2) is 42.5 Å². The molecule has 0 aliphatic carbocycles. The summed E-state index contributed by atoms with van der Waals surface area (Å²) in [5, 5.41) is -0.421. The van der Waals surface area contributed by atoms with Crippen LogP contribution in [0.1, 0.15) is 19.8 Å². The monoisotopic (exact) mass is 205 g/mol. The summed E-state index contributed by atoms with van der Waals surface area (Å²) < 4.78 is 5.21. The Morgan fingerprint density at radius 2 is 2.38 bits per heavy atom. The molecule has 0 aromatic rings. The maximum Gasteiger partial charge on any atom is 0.240 e. The van der Waals surface area contributed by atoms with E-state index in [0.29, 0.717) is 6.54 Å². The van der Waals surface area contributed by atoms with Gasteiger partial charge in [-0.25, -0.2) is 0 Å². The Bertz CT molecular complexity index is 184. The molecule has 1 fully saturated rings. The van der Waals surface area contributed by atoms with Crippen LogP contribution in [-0.2, 0) is 9.53 Å². The summed E-state index contributed by atoms with van der Waals surface area (Å²) in [6.45, 7) is 3.21. The molecule has 1 heterocycles. The Morgan fingerprint density at radius 1 is 1.69 bits per heavy atom. The highest BCUT2D eigenvalue weighted by molar-refractivity contribution is 6.30. The zero-order chi connectivity index (χ0) is 9.84. The van der Waals surface area contributed by atoms with E-state index >= 15 is 0 Å². The molecule has 0 spiro atoms. The van der Waals surface area contributed by atoms with E-state index in [1.807, 2.05) is 0 Å². The third-order valence-corrected chi connectivity index (χ3v) is 2.55. The molecule has 0 N–H and O–H groups in total. The SMILES string of the molecule is CO[C@@H]1CCCN(C(=O)[C@H](C)Cl)C1. The van der Waals surface area contributed by atoms with Gasteiger partial charge in [0.05, 0.1) is 6.10 Å². The van der Waals surface area contributed by atoms with E-state index in [4.69, 9.17) is 16.3 Å². The highest BCUT2D eigenvalue weighted by Gasteiger charge is 2.25. The van der Waals surface area contributed by atoms with Crippen LogP contribution in [0.3, 0.4) is 0 Å². The van der Waals surface area contributed by atoms with Crippen molar-refractivity contribution in [2.75, 3.05) is 20.2 Å². The van der Waals surface area contributed by atoms with Gasteiger partial charge in [-0.05, 0) is 19.8 Å². The number of hydrogen-bond acceptors (Lipinski definition) is 2. The Labute approximate surface area is 84.0 Å². The zero-order valence-corrected chi connectivity index (χ0v) is 8.88. The van der Waals surface area contributed by atoms with Gasteiger partial charge in [-0.2, -0.15) is 0 Å². The number of carbonyl (C=O) groups excluding carboxylic acids is 1. The van der Waals surface area contributed by atoms with Crippen molar-refractivity contribution in [3.05, 3.63) is 0 Å². The number of likely N-dealkylation sites (tertiary alicyclic amines) is 1. The van der Waals surface area contributed by atoms with Gasteiger partial charge in [0.1, 0.15) is 5.38 Å². The summed E-state index contributed by atoms with van der Waals surface area (Å²) in [5.74, 6) is 0.0171. The van der Waals surface area contributed by atoms with Crippen LogP contribution in [0, 0.1) is 0 Å². The molecule has 13 heavy (non-hydrogen) atoms. The quantitative estimate of drug-likeness (QED) is 0.636. The number of amides is 1. The molecule has 0 unspecified atom stereocenters. The van der Waals surface area contributed by atoms with Crippen molar-refractivity contribution in [2.45, 2.75) is 31.2 Å². The molecule has 3 nitrogen and oxygen atoms in total. The van der Waals surface area contributed by atoms with Gasteiger partial charge in [0.2, 0.25) is 5.91 Å². The summed E-state index contributed by atoms with van der Waals surface area (Å²) in [6.07, 6.45) is 2.23. The number of ether oxygens (including phenoxy) is 1. The first-order valence-electron chi connectivity index (χ1n) is 4.60. The van der Waals surface area contributed by atoms with E-state index in [1.165, 1.54) is 0 Å². The number of alkyl halides is 1. The van der Waals surface area contributed by atoms with Gasteiger partial charge in [-0.1, -0.05) is 0 Å². The van der Waals surface area contributed by atoms with E-state index in [9.17, 15) is 4.79 Å². The third-order valence-electron chi connectivity index (χ3n) is 2.36. The number of halogens is 1. The summed E-state index contributed by atoms with van der Waals surface area (Å²) >= 11 is 5.72. The molecule has 2 atom stereocenters. The lowest BCUT2D eigenvalue weighted by Crippen LogP contribution is -2.45. The minimum Gasteiger partial charge on any atom is -0.380 e. The summed E-state index contributed by atoms with van der Waals surface area (Å²) in [5.41, 5.74) is 0. The third kappa shape index (κ3) is 2.85. The van der Waals surface area contributed by atoms with E-state index in [2.05, 4.69) is 0 Å². The molecule has 0 aromatic carbocycles. The molecule has 0 saturated carbocycles. The lowest BCUT2D eigenvalue weighted by Gasteiger charge is -2.32. The number of methoxy groups -OCH3 is 1. The predicted octanol–water partition coefficient (Wildman–Crippen LogP) is 1.25. The standard InChI is InChI=1S/C9H16ClNO2/c1-7(10)9(12)11-5-3-4-8(6-11)13-2/h7-8H,3-6H2,1-2H3/t7-,8+/m0/s1. The van der Waals surface area contributed by atoms with Crippen LogP contribution in [0.4, 0.5) is 0 Å². The van der Waals surface area contributed by atoms with Crippen molar-refractivity contribution >= 4 is 17.5 Å². The van der Waals surface area contributed by atoms with Gasteiger partial charge in [-0.3, -0.25) is 4.79 Å². The molecule has 1 saturated heterocycles. The van der Waals surface area contributed by atoms with Crippen molar-refractivity contribution in [3.63, 3.8) is 0 Å². The number of hydrogen-bond donors (Lipinski definition) is 0. The van der Waals surface area contributed by atoms with Crippen LogP contribution < -0.4 is 0 Å². The van der Waals surface area contributed by atoms with Gasteiger partial charge in [0.15, 0.2) is 0 Å². The fourth-order valence-corrected chi connectivity index (χ4v) is 1.72. The number of piperidine rings is 1. The van der Waals surface area contributed by atoms with Crippen molar-refractivity contribution in [2.24, 2.45) is 0 Å². The summed E-state index contributed by atoms with van der Waals surface area (Å²) in [6, 6.07) is 0. The van der Waals surface area contributed by atoms with Crippen LogP contribution in [0.15, 0.2) is 0 Å². The van der Waals surface area contributed by atoms with E-state index < -0.39 is 5.38 Å². The Hall–Kier alpha value is -0.280. The van der Waals surface area contributed by atoms with Gasteiger partial charge in [0.25, 0.3) is 0 Å². The van der Waals surface area contributed by atoms with E-state index in [1.54, 1.807) is 18.9 Å². The molecule has 0 bridgehead atoms. The normalized spacial score (nSPS) is 25.8. The van der Waals surface area contributed by atoms with Crippen molar-refractivity contribution in [1.82, 2.24) is 4.90 Å². The molecule has 1 rings (SSSR count). The second-order valence-electron chi connectivity index (χ2n) is 3.40. The minimum atomic E-state index is -0.421. The molecule has 4 heteroatoms. The van der Waals surface area contributed by atoms with Gasteiger partial charge in [0, 0.05) is 20.2 Å². The Morgan fingerprint density at radius 3 is 2.92 bits per heavy atom. The molecule has 1 aliphatic rings. The first-order valence-corrected chi connectivity index (χ1v) is 5.04. The van der Waals surface area contributed by atoms with Gasteiger partial charge < -0.3 is 9.64 Å². The second kappa shape index (κ2) is 4.82. The minimum absolute atomic E-state index is 0.0171. The lowest BCUT2D eigenvalue weighted by atomic mass is 10.1. The Balaban J connectivity index is 2.46. The topological polar surface area (TPSA) is 29.5 Å². The summed E-state index contributed by atoms with van der Waals surface area (Å²) in [4.78, 5) is 13.3. The molecule has 1 amide bonds. The average Bonchev–Trinajstić information content (AvgIpc) is 2.16. The zero-order valence-electron chi connectivity index (χ0n) is 8.12. The molecule has 76 valence electrons. The van der Waals surface area contributed by atoms with E-state index in [0.717, 1.165) is 19.4 Å². The van der Waals surface area contributed by atoms with Crippen molar-refractivity contribution in [3.8, 4) is 0 Å². The highest BCUT2D eigenvalue weighted by atomic mass is 35.5. The fraction of sp³-hybridized carbons (Fsp3) is 0.889. The fourth-order valence-electron chi connectivity index (χ4n) is 1.58. The molecule has 0 aromatic heterocycles. The molecular formula is C9H16ClNO2. The average molecular weight is 206 g/mol. The van der Waals surface area contributed by atoms with E-state index in [-0.39, 0.29) is 12.0 Å². The number of rotatable bonds is 2. The lowest BCUT2D eigenvalue weighted by molar-refractivity contribution is -0.134. The van der Waals surface area contributed by atoms with Crippen LogP contribution in [0.5, 0.6) is 0 Å². The molecule has 0 radical (unpaired) electrons. The van der Waals surface area contributed by atoms with Gasteiger partial charge >= 0.3 is 0 Å². The van der Waals surface area contributed by atoms with Crippen molar-refractivity contribution in [1.29, 1.82) is 0 Å². The summed E-state index contributed by atoms with van der Waals surface area (Å²) in [7, 11) is 1.68. The van der Waals surface area contributed by atoms with Gasteiger partial charge in [-0.15, -0.1) is 11.6 Å². The van der Waals surface area contributed by atoms with Crippen LogP contribution in [0.25, 0.3) is 0 Å². The molecular weight excluding hydrogens is 190 g/mol. The predicted molar refractivity (Wildman–Crippen MR) is 51.9 cm³/mol. The smallest absolute Gasteiger partial charge is 0.240 e. The largest absolute Gasteiger partial charge is 0.380 e. The first kappa shape index (κ1) is 10.8.